The van der Waals surface area contributed by atoms with Crippen LogP contribution in [0.5, 0.6) is 0 Å². The third kappa shape index (κ3) is 2.75. The number of nitrogens with one attached hydrogen (secondary N) is 1. The molecule has 16 heavy (non-hydrogen) atoms. The first-order valence-corrected chi connectivity index (χ1v) is 5.07. The SMILES string of the molecule is Cc1nccc(NCCc2nc(C)no2)n1. The Balaban J connectivity index is 1.84. The van der Waals surface area contributed by atoms with E-state index in [1.165, 1.54) is 0 Å². The molecule has 6 heteroatoms. The molecule has 2 rings (SSSR count). The average molecular weight is 219 g/mol. The van der Waals surface area contributed by atoms with Crippen LogP contribution in [0.2, 0.25) is 0 Å². The van der Waals surface area contributed by atoms with E-state index in [0.717, 1.165) is 11.6 Å². The second kappa shape index (κ2) is 4.69. The van der Waals surface area contributed by atoms with Gasteiger partial charge < -0.3 is 9.84 Å². The monoisotopic (exact) mass is 219 g/mol. The Kier molecular flexibility index (Phi) is 3.09. The van der Waals surface area contributed by atoms with Gasteiger partial charge in [0.25, 0.3) is 0 Å². The predicted octanol–water partition coefficient (Wildman–Crippen LogP) is 1.13. The molecule has 0 fully saturated rings. The van der Waals surface area contributed by atoms with Gasteiger partial charge in [-0.3, -0.25) is 0 Å². The zero-order valence-corrected chi connectivity index (χ0v) is 9.27. The average Bonchev–Trinajstić information content (AvgIpc) is 2.64. The van der Waals surface area contributed by atoms with Crippen LogP contribution in [0.15, 0.2) is 16.8 Å². The van der Waals surface area contributed by atoms with Crippen molar-refractivity contribution in [2.45, 2.75) is 20.3 Å². The summed E-state index contributed by atoms with van der Waals surface area (Å²) in [4.78, 5) is 12.3. The number of hydrogen-bond acceptors (Lipinski definition) is 6. The maximum Gasteiger partial charge on any atom is 0.228 e. The fourth-order valence-electron chi connectivity index (χ4n) is 1.29. The largest absolute Gasteiger partial charge is 0.369 e. The Hall–Kier alpha value is -1.98. The molecule has 0 radical (unpaired) electrons. The summed E-state index contributed by atoms with van der Waals surface area (Å²) in [6, 6.07) is 1.83. The van der Waals surface area contributed by atoms with Gasteiger partial charge in [-0.05, 0) is 19.9 Å². The summed E-state index contributed by atoms with van der Waals surface area (Å²) < 4.78 is 4.99. The number of hydrogen-bond donors (Lipinski definition) is 1. The van der Waals surface area contributed by atoms with E-state index in [1.807, 2.05) is 13.0 Å². The summed E-state index contributed by atoms with van der Waals surface area (Å²) in [7, 11) is 0. The van der Waals surface area contributed by atoms with Crippen LogP contribution in [0, 0.1) is 13.8 Å². The molecule has 0 unspecified atom stereocenters. The molecule has 0 aliphatic rings. The summed E-state index contributed by atoms with van der Waals surface area (Å²) in [6.45, 7) is 4.36. The molecule has 0 aromatic carbocycles. The van der Waals surface area contributed by atoms with Crippen LogP contribution in [0.3, 0.4) is 0 Å². The van der Waals surface area contributed by atoms with Crippen molar-refractivity contribution in [3.8, 4) is 0 Å². The van der Waals surface area contributed by atoms with Gasteiger partial charge in [0.05, 0.1) is 0 Å². The topological polar surface area (TPSA) is 76.7 Å². The first-order valence-electron chi connectivity index (χ1n) is 5.07. The van der Waals surface area contributed by atoms with Crippen molar-refractivity contribution in [1.29, 1.82) is 0 Å². The molecule has 0 aliphatic heterocycles. The van der Waals surface area contributed by atoms with Gasteiger partial charge in [0, 0.05) is 19.2 Å². The molecule has 0 saturated carbocycles. The highest BCUT2D eigenvalue weighted by molar-refractivity contribution is 5.32. The van der Waals surface area contributed by atoms with E-state index in [0.29, 0.717) is 24.7 Å². The first-order chi connectivity index (χ1) is 7.74. The smallest absolute Gasteiger partial charge is 0.228 e. The molecular formula is C10H13N5O. The Morgan fingerprint density at radius 2 is 2.12 bits per heavy atom. The lowest BCUT2D eigenvalue weighted by Gasteiger charge is -2.03. The Morgan fingerprint density at radius 3 is 2.81 bits per heavy atom. The summed E-state index contributed by atoms with van der Waals surface area (Å²) >= 11 is 0. The van der Waals surface area contributed by atoms with E-state index in [4.69, 9.17) is 4.52 Å². The van der Waals surface area contributed by atoms with Crippen LogP contribution in [0.1, 0.15) is 17.5 Å². The van der Waals surface area contributed by atoms with E-state index in [1.54, 1.807) is 13.1 Å². The minimum absolute atomic E-state index is 0.635. The molecule has 0 aliphatic carbocycles. The molecule has 0 saturated heterocycles. The van der Waals surface area contributed by atoms with Crippen LogP contribution in [0.4, 0.5) is 5.82 Å². The lowest BCUT2D eigenvalue weighted by atomic mass is 10.4. The highest BCUT2D eigenvalue weighted by atomic mass is 16.5. The van der Waals surface area contributed by atoms with E-state index >= 15 is 0 Å². The molecule has 2 aromatic rings. The van der Waals surface area contributed by atoms with E-state index < -0.39 is 0 Å². The van der Waals surface area contributed by atoms with Gasteiger partial charge in [0.15, 0.2) is 5.82 Å². The van der Waals surface area contributed by atoms with Crippen LogP contribution in [-0.2, 0) is 6.42 Å². The summed E-state index contributed by atoms with van der Waals surface area (Å²) in [6.07, 6.45) is 2.41. The zero-order chi connectivity index (χ0) is 11.4. The molecule has 6 nitrogen and oxygen atoms in total. The number of rotatable bonds is 4. The minimum Gasteiger partial charge on any atom is -0.369 e. The van der Waals surface area contributed by atoms with Gasteiger partial charge in [-0.1, -0.05) is 5.16 Å². The van der Waals surface area contributed by atoms with Gasteiger partial charge in [0.2, 0.25) is 5.89 Å². The molecule has 2 aromatic heterocycles. The summed E-state index contributed by atoms with van der Waals surface area (Å²) in [5, 5.41) is 6.88. The van der Waals surface area contributed by atoms with Gasteiger partial charge in [-0.15, -0.1) is 0 Å². The summed E-state index contributed by atoms with van der Waals surface area (Å²) in [5.41, 5.74) is 0. The van der Waals surface area contributed by atoms with E-state index in [2.05, 4.69) is 25.4 Å². The standard InChI is InChI=1S/C10H13N5O/c1-7-11-5-3-9(13-7)12-6-4-10-14-8(2)15-16-10/h3,5H,4,6H2,1-2H3,(H,11,12,13). The van der Waals surface area contributed by atoms with Crippen LogP contribution in [-0.4, -0.2) is 26.7 Å². The van der Waals surface area contributed by atoms with Crippen molar-refractivity contribution in [2.75, 3.05) is 11.9 Å². The highest BCUT2D eigenvalue weighted by Crippen LogP contribution is 2.02. The van der Waals surface area contributed by atoms with Crippen molar-refractivity contribution < 1.29 is 4.52 Å². The third-order valence-corrected chi connectivity index (χ3v) is 1.99. The zero-order valence-electron chi connectivity index (χ0n) is 9.27. The second-order valence-electron chi connectivity index (χ2n) is 3.40. The lowest BCUT2D eigenvalue weighted by molar-refractivity contribution is 0.377. The number of aryl methyl sites for hydroxylation is 2. The minimum atomic E-state index is 0.635. The number of anilines is 1. The molecule has 0 bridgehead atoms. The van der Waals surface area contributed by atoms with Crippen molar-refractivity contribution >= 4 is 5.82 Å². The van der Waals surface area contributed by atoms with Gasteiger partial charge in [0.1, 0.15) is 11.6 Å². The summed E-state index contributed by atoms with van der Waals surface area (Å²) in [5.74, 6) is 2.85. The number of nitrogens with zero attached hydrogens (tertiary/aromatic N) is 4. The van der Waals surface area contributed by atoms with Gasteiger partial charge in [-0.25, -0.2) is 9.97 Å². The fraction of sp³-hybridized carbons (Fsp3) is 0.400. The first kappa shape index (κ1) is 10.5. The molecule has 0 atom stereocenters. The third-order valence-electron chi connectivity index (χ3n) is 1.99. The molecule has 2 heterocycles. The normalized spacial score (nSPS) is 10.4. The van der Waals surface area contributed by atoms with Crippen LogP contribution in [0.25, 0.3) is 0 Å². The maximum atomic E-state index is 4.99. The molecule has 84 valence electrons. The van der Waals surface area contributed by atoms with Gasteiger partial charge >= 0.3 is 0 Å². The fourth-order valence-corrected chi connectivity index (χ4v) is 1.29. The Labute approximate surface area is 93.1 Å². The molecule has 0 spiro atoms. The Morgan fingerprint density at radius 1 is 1.25 bits per heavy atom. The highest BCUT2D eigenvalue weighted by Gasteiger charge is 2.02. The quantitative estimate of drug-likeness (QED) is 0.830. The van der Waals surface area contributed by atoms with Crippen molar-refractivity contribution in [3.05, 3.63) is 29.8 Å². The Bertz CT molecular complexity index is 468. The molecule has 1 N–H and O–H groups in total. The van der Waals surface area contributed by atoms with Crippen molar-refractivity contribution in [1.82, 2.24) is 20.1 Å². The van der Waals surface area contributed by atoms with E-state index in [-0.39, 0.29) is 0 Å². The maximum absolute atomic E-state index is 4.99. The van der Waals surface area contributed by atoms with Crippen LogP contribution < -0.4 is 5.32 Å². The van der Waals surface area contributed by atoms with E-state index in [9.17, 15) is 0 Å². The van der Waals surface area contributed by atoms with Crippen molar-refractivity contribution in [3.63, 3.8) is 0 Å². The number of aromatic nitrogens is 4. The predicted molar refractivity (Wildman–Crippen MR) is 58.0 cm³/mol. The van der Waals surface area contributed by atoms with Crippen LogP contribution >= 0.6 is 0 Å². The molecule has 0 amide bonds. The van der Waals surface area contributed by atoms with Gasteiger partial charge in [-0.2, -0.15) is 4.98 Å². The molecular weight excluding hydrogens is 206 g/mol. The lowest BCUT2D eigenvalue weighted by Crippen LogP contribution is -2.07. The second-order valence-corrected chi connectivity index (χ2v) is 3.40. The van der Waals surface area contributed by atoms with Crippen molar-refractivity contribution in [2.24, 2.45) is 0 Å².